The number of para-hydroxylation sites is 1. The van der Waals surface area contributed by atoms with E-state index in [2.05, 4.69) is 9.88 Å². The van der Waals surface area contributed by atoms with Gasteiger partial charge in [-0.1, -0.05) is 18.2 Å². The molecule has 0 radical (unpaired) electrons. The number of H-pyrrole nitrogens is 1. The molecule has 3 rings (SSSR count). The predicted molar refractivity (Wildman–Crippen MR) is 59.1 cm³/mol. The molecule has 1 aromatic heterocycles. The maximum atomic E-state index is 11.9. The van der Waals surface area contributed by atoms with Crippen LogP contribution in [0.15, 0.2) is 30.5 Å². The van der Waals surface area contributed by atoms with Gasteiger partial charge in [0.2, 0.25) is 0 Å². The molecule has 3 nitrogen and oxygen atoms in total. The average Bonchev–Trinajstić information content (AvgIpc) is 2.96. The molecule has 1 aliphatic heterocycles. The van der Waals surface area contributed by atoms with Crippen molar-refractivity contribution in [1.29, 1.82) is 0 Å². The maximum Gasteiger partial charge on any atom is 0.178 e. The van der Waals surface area contributed by atoms with Crippen molar-refractivity contribution in [3.8, 4) is 0 Å². The van der Waals surface area contributed by atoms with Gasteiger partial charge in [0.15, 0.2) is 5.78 Å². The summed E-state index contributed by atoms with van der Waals surface area (Å²) in [6, 6.07) is 7.91. The summed E-state index contributed by atoms with van der Waals surface area (Å²) in [6.07, 6.45) is 1.82. The Bertz CT molecular complexity index is 511. The Hall–Kier alpha value is -1.61. The van der Waals surface area contributed by atoms with E-state index in [1.807, 2.05) is 30.5 Å². The zero-order chi connectivity index (χ0) is 10.3. The minimum atomic E-state index is 0.213. The van der Waals surface area contributed by atoms with Crippen molar-refractivity contribution in [3.63, 3.8) is 0 Å². The molecule has 0 atom stereocenters. The predicted octanol–water partition coefficient (Wildman–Crippen LogP) is 1.67. The fraction of sp³-hybridized carbons (Fsp3) is 0.250. The number of carbonyl (C=O) groups is 1. The van der Waals surface area contributed by atoms with Gasteiger partial charge in [-0.05, 0) is 6.07 Å². The van der Waals surface area contributed by atoms with Crippen molar-refractivity contribution in [2.24, 2.45) is 0 Å². The first-order valence-electron chi connectivity index (χ1n) is 5.16. The second kappa shape index (κ2) is 3.21. The highest BCUT2D eigenvalue weighted by Gasteiger charge is 2.22. The molecule has 0 spiro atoms. The number of hydrogen-bond acceptors (Lipinski definition) is 2. The van der Waals surface area contributed by atoms with Gasteiger partial charge in [-0.2, -0.15) is 0 Å². The molecule has 15 heavy (non-hydrogen) atoms. The van der Waals surface area contributed by atoms with Crippen LogP contribution in [-0.2, 0) is 0 Å². The number of fused-ring (bicyclic) bond motifs is 1. The highest BCUT2D eigenvalue weighted by atomic mass is 16.1. The van der Waals surface area contributed by atoms with Crippen molar-refractivity contribution in [3.05, 3.63) is 36.0 Å². The Labute approximate surface area is 87.7 Å². The SMILES string of the molecule is O=C(CN1CC1)c1c[nH]c2ccccc12. The molecule has 2 aromatic rings. The lowest BCUT2D eigenvalue weighted by molar-refractivity contribution is 0.0976. The summed E-state index contributed by atoms with van der Waals surface area (Å²) in [5.41, 5.74) is 1.85. The Balaban J connectivity index is 1.98. The minimum absolute atomic E-state index is 0.213. The summed E-state index contributed by atoms with van der Waals surface area (Å²) in [6.45, 7) is 2.68. The molecular weight excluding hydrogens is 188 g/mol. The Morgan fingerprint density at radius 2 is 2.13 bits per heavy atom. The highest BCUT2D eigenvalue weighted by Crippen LogP contribution is 2.19. The van der Waals surface area contributed by atoms with Gasteiger partial charge < -0.3 is 4.98 Å². The number of nitrogens with one attached hydrogen (secondary N) is 1. The van der Waals surface area contributed by atoms with Gasteiger partial charge in [0.25, 0.3) is 0 Å². The molecule has 0 saturated carbocycles. The summed E-state index contributed by atoms with van der Waals surface area (Å²) < 4.78 is 0. The lowest BCUT2D eigenvalue weighted by Crippen LogP contribution is -2.12. The number of hydrogen-bond donors (Lipinski definition) is 1. The Kier molecular flexibility index (Phi) is 1.86. The summed E-state index contributed by atoms with van der Waals surface area (Å²) in [5, 5.41) is 1.03. The maximum absolute atomic E-state index is 11.9. The number of aromatic nitrogens is 1. The first kappa shape index (κ1) is 8.68. The third-order valence-corrected chi connectivity index (χ3v) is 2.80. The number of carbonyl (C=O) groups excluding carboxylic acids is 1. The van der Waals surface area contributed by atoms with Crippen LogP contribution in [0.4, 0.5) is 0 Å². The van der Waals surface area contributed by atoms with Gasteiger partial charge >= 0.3 is 0 Å². The molecule has 76 valence electrons. The van der Waals surface area contributed by atoms with Crippen LogP contribution in [0.5, 0.6) is 0 Å². The number of benzene rings is 1. The molecule has 0 amide bonds. The van der Waals surface area contributed by atoms with Gasteiger partial charge in [0.1, 0.15) is 0 Å². The van der Waals surface area contributed by atoms with E-state index in [0.29, 0.717) is 6.54 Å². The first-order valence-corrected chi connectivity index (χ1v) is 5.16. The third-order valence-electron chi connectivity index (χ3n) is 2.80. The first-order chi connectivity index (χ1) is 7.34. The van der Waals surface area contributed by atoms with E-state index in [1.54, 1.807) is 0 Å². The second-order valence-corrected chi connectivity index (χ2v) is 3.95. The van der Waals surface area contributed by atoms with Crippen LogP contribution >= 0.6 is 0 Å². The minimum Gasteiger partial charge on any atom is -0.360 e. The van der Waals surface area contributed by atoms with Crippen molar-refractivity contribution in [2.75, 3.05) is 19.6 Å². The van der Waals surface area contributed by atoms with E-state index >= 15 is 0 Å². The number of ketones is 1. The quantitative estimate of drug-likeness (QED) is 0.604. The smallest absolute Gasteiger partial charge is 0.178 e. The third kappa shape index (κ3) is 1.55. The van der Waals surface area contributed by atoms with E-state index in [9.17, 15) is 4.79 Å². The van der Waals surface area contributed by atoms with Crippen molar-refractivity contribution in [2.45, 2.75) is 0 Å². The standard InChI is InChI=1S/C12H12N2O/c15-12(8-14-5-6-14)10-7-13-11-4-2-1-3-9(10)11/h1-4,7,13H,5-6,8H2. The van der Waals surface area contributed by atoms with Gasteiger partial charge in [0, 0.05) is 35.8 Å². The normalized spacial score (nSPS) is 15.7. The highest BCUT2D eigenvalue weighted by molar-refractivity contribution is 6.08. The van der Waals surface area contributed by atoms with Crippen LogP contribution in [0, 0.1) is 0 Å². The molecule has 3 heteroatoms. The Morgan fingerprint density at radius 1 is 1.33 bits per heavy atom. The lowest BCUT2D eigenvalue weighted by Gasteiger charge is -1.98. The Morgan fingerprint density at radius 3 is 2.93 bits per heavy atom. The zero-order valence-corrected chi connectivity index (χ0v) is 8.36. The number of Topliss-reactive ketones (excluding diaryl/α,β-unsaturated/α-hetero) is 1. The van der Waals surface area contributed by atoms with E-state index < -0.39 is 0 Å². The van der Waals surface area contributed by atoms with Crippen molar-refractivity contribution in [1.82, 2.24) is 9.88 Å². The second-order valence-electron chi connectivity index (χ2n) is 3.95. The fourth-order valence-electron chi connectivity index (χ4n) is 1.82. The summed E-state index contributed by atoms with van der Waals surface area (Å²) in [7, 11) is 0. The fourth-order valence-corrected chi connectivity index (χ4v) is 1.82. The monoisotopic (exact) mass is 200 g/mol. The molecule has 1 N–H and O–H groups in total. The average molecular weight is 200 g/mol. The van der Waals surface area contributed by atoms with Crippen LogP contribution in [0.25, 0.3) is 10.9 Å². The van der Waals surface area contributed by atoms with Crippen LogP contribution in [0.2, 0.25) is 0 Å². The van der Waals surface area contributed by atoms with E-state index in [4.69, 9.17) is 0 Å². The largest absolute Gasteiger partial charge is 0.360 e. The molecule has 0 unspecified atom stereocenters. The van der Waals surface area contributed by atoms with Gasteiger partial charge in [0.05, 0.1) is 6.54 Å². The number of aromatic amines is 1. The molecule has 1 fully saturated rings. The van der Waals surface area contributed by atoms with Gasteiger partial charge in [-0.15, -0.1) is 0 Å². The molecule has 2 heterocycles. The van der Waals surface area contributed by atoms with E-state index in [-0.39, 0.29) is 5.78 Å². The number of nitrogens with zero attached hydrogens (tertiary/aromatic N) is 1. The topological polar surface area (TPSA) is 35.9 Å². The summed E-state index contributed by atoms with van der Waals surface area (Å²) >= 11 is 0. The van der Waals surface area contributed by atoms with E-state index in [0.717, 1.165) is 29.6 Å². The van der Waals surface area contributed by atoms with Crippen LogP contribution in [0.3, 0.4) is 0 Å². The summed E-state index contributed by atoms with van der Waals surface area (Å²) in [4.78, 5) is 17.2. The molecule has 1 aromatic carbocycles. The molecule has 0 aliphatic carbocycles. The van der Waals surface area contributed by atoms with Crippen molar-refractivity contribution >= 4 is 16.7 Å². The summed E-state index contributed by atoms with van der Waals surface area (Å²) in [5.74, 6) is 0.213. The van der Waals surface area contributed by atoms with Crippen LogP contribution < -0.4 is 0 Å². The zero-order valence-electron chi connectivity index (χ0n) is 8.36. The number of rotatable bonds is 3. The van der Waals surface area contributed by atoms with Gasteiger partial charge in [-0.3, -0.25) is 9.69 Å². The van der Waals surface area contributed by atoms with E-state index in [1.165, 1.54) is 0 Å². The van der Waals surface area contributed by atoms with Crippen molar-refractivity contribution < 1.29 is 4.79 Å². The lowest BCUT2D eigenvalue weighted by atomic mass is 10.1. The van der Waals surface area contributed by atoms with Gasteiger partial charge in [-0.25, -0.2) is 0 Å². The van der Waals surface area contributed by atoms with Crippen LogP contribution in [0.1, 0.15) is 10.4 Å². The molecule has 1 saturated heterocycles. The van der Waals surface area contributed by atoms with Crippen LogP contribution in [-0.4, -0.2) is 35.3 Å². The molecular formula is C12H12N2O. The molecule has 1 aliphatic rings. The molecule has 0 bridgehead atoms.